The summed E-state index contributed by atoms with van der Waals surface area (Å²) in [6, 6.07) is 7.16. The molecule has 0 bridgehead atoms. The number of benzene rings is 1. The minimum absolute atomic E-state index is 0.0562. The molecule has 20 heavy (non-hydrogen) atoms. The van der Waals surface area contributed by atoms with E-state index in [2.05, 4.69) is 5.32 Å². The van der Waals surface area contributed by atoms with Gasteiger partial charge in [-0.15, -0.1) is 0 Å². The van der Waals surface area contributed by atoms with Crippen LogP contribution in [0, 0.1) is 0 Å². The van der Waals surface area contributed by atoms with Crippen LogP contribution in [0.15, 0.2) is 24.3 Å². The van der Waals surface area contributed by atoms with E-state index in [-0.39, 0.29) is 12.5 Å². The van der Waals surface area contributed by atoms with Gasteiger partial charge in [0.2, 0.25) is 0 Å². The van der Waals surface area contributed by atoms with Gasteiger partial charge >= 0.3 is 12.0 Å². The average Bonchev–Trinajstić information content (AvgIpc) is 2.40. The first-order chi connectivity index (χ1) is 9.52. The first-order valence-electron chi connectivity index (χ1n) is 6.52. The van der Waals surface area contributed by atoms with Gasteiger partial charge in [-0.3, -0.25) is 4.79 Å². The standard InChI is InChI=1S/C14H19ClN2O3/c1-2-17(10-11-5-3-6-12(15)9-11)14(20)16-8-4-7-13(18)19/h3,5-6,9H,2,4,7-8,10H2,1H3,(H,16,20)(H,18,19). The quantitative estimate of drug-likeness (QED) is 0.760. The van der Waals surface area contributed by atoms with Crippen LogP contribution in [0.3, 0.4) is 0 Å². The predicted molar refractivity (Wildman–Crippen MR) is 77.8 cm³/mol. The fourth-order valence-corrected chi connectivity index (χ4v) is 1.94. The van der Waals surface area contributed by atoms with E-state index in [1.165, 1.54) is 0 Å². The second-order valence-corrected chi connectivity index (χ2v) is 4.81. The van der Waals surface area contributed by atoms with Crippen molar-refractivity contribution in [1.82, 2.24) is 10.2 Å². The van der Waals surface area contributed by atoms with Crippen LogP contribution >= 0.6 is 11.6 Å². The number of nitrogens with one attached hydrogen (secondary N) is 1. The molecule has 0 unspecified atom stereocenters. The summed E-state index contributed by atoms with van der Waals surface area (Å²) in [6.07, 6.45) is 0.483. The Morgan fingerprint density at radius 3 is 2.75 bits per heavy atom. The van der Waals surface area contributed by atoms with E-state index in [1.807, 2.05) is 25.1 Å². The van der Waals surface area contributed by atoms with Crippen LogP contribution in [0.25, 0.3) is 0 Å². The van der Waals surface area contributed by atoms with Gasteiger partial charge in [0.1, 0.15) is 0 Å². The molecule has 0 heterocycles. The Balaban J connectivity index is 2.44. The molecule has 0 atom stereocenters. The van der Waals surface area contributed by atoms with Gasteiger partial charge in [0.15, 0.2) is 0 Å². The normalized spacial score (nSPS) is 10.1. The summed E-state index contributed by atoms with van der Waals surface area (Å²) in [7, 11) is 0. The smallest absolute Gasteiger partial charge is 0.317 e. The summed E-state index contributed by atoms with van der Waals surface area (Å²) < 4.78 is 0. The highest BCUT2D eigenvalue weighted by atomic mass is 35.5. The summed E-state index contributed by atoms with van der Waals surface area (Å²) in [5, 5.41) is 11.9. The number of urea groups is 1. The zero-order valence-corrected chi connectivity index (χ0v) is 12.2. The van der Waals surface area contributed by atoms with Crippen LogP contribution in [0.5, 0.6) is 0 Å². The van der Waals surface area contributed by atoms with E-state index in [1.54, 1.807) is 11.0 Å². The highest BCUT2D eigenvalue weighted by Crippen LogP contribution is 2.12. The Kier molecular flexibility index (Phi) is 6.87. The van der Waals surface area contributed by atoms with Crippen molar-refractivity contribution >= 4 is 23.6 Å². The third-order valence-electron chi connectivity index (χ3n) is 2.78. The molecule has 0 fully saturated rings. The van der Waals surface area contributed by atoms with Crippen molar-refractivity contribution in [2.75, 3.05) is 13.1 Å². The number of hydrogen-bond donors (Lipinski definition) is 2. The second kappa shape index (κ2) is 8.43. The Morgan fingerprint density at radius 1 is 1.40 bits per heavy atom. The lowest BCUT2D eigenvalue weighted by atomic mass is 10.2. The van der Waals surface area contributed by atoms with Gasteiger partial charge in [-0.2, -0.15) is 0 Å². The molecule has 6 heteroatoms. The maximum Gasteiger partial charge on any atom is 0.317 e. The van der Waals surface area contributed by atoms with E-state index in [9.17, 15) is 9.59 Å². The number of carbonyl (C=O) groups is 2. The van der Waals surface area contributed by atoms with E-state index < -0.39 is 5.97 Å². The summed E-state index contributed by atoms with van der Waals surface area (Å²) in [5.41, 5.74) is 0.958. The zero-order valence-electron chi connectivity index (χ0n) is 11.4. The van der Waals surface area contributed by atoms with Gasteiger partial charge < -0.3 is 15.3 Å². The lowest BCUT2D eigenvalue weighted by Gasteiger charge is -2.21. The third kappa shape index (κ3) is 5.93. The van der Waals surface area contributed by atoms with Crippen molar-refractivity contribution in [2.24, 2.45) is 0 Å². The molecule has 0 aliphatic carbocycles. The topological polar surface area (TPSA) is 69.6 Å². The van der Waals surface area contributed by atoms with Gasteiger partial charge in [0.05, 0.1) is 0 Å². The van der Waals surface area contributed by atoms with Crippen molar-refractivity contribution < 1.29 is 14.7 Å². The highest BCUT2D eigenvalue weighted by molar-refractivity contribution is 6.30. The average molecular weight is 299 g/mol. The molecular weight excluding hydrogens is 280 g/mol. The van der Waals surface area contributed by atoms with E-state index in [4.69, 9.17) is 16.7 Å². The van der Waals surface area contributed by atoms with Crippen LogP contribution in [-0.4, -0.2) is 35.1 Å². The number of halogens is 1. The van der Waals surface area contributed by atoms with E-state index >= 15 is 0 Å². The molecule has 0 saturated carbocycles. The van der Waals surface area contributed by atoms with E-state index in [0.29, 0.717) is 31.1 Å². The van der Waals surface area contributed by atoms with Crippen LogP contribution < -0.4 is 5.32 Å². The lowest BCUT2D eigenvalue weighted by molar-refractivity contribution is -0.137. The minimum Gasteiger partial charge on any atom is -0.481 e. The molecule has 0 saturated heterocycles. The number of nitrogens with zero attached hydrogens (tertiary/aromatic N) is 1. The zero-order chi connectivity index (χ0) is 15.0. The second-order valence-electron chi connectivity index (χ2n) is 4.37. The largest absolute Gasteiger partial charge is 0.481 e. The number of aliphatic carboxylic acids is 1. The first kappa shape index (κ1) is 16.3. The third-order valence-corrected chi connectivity index (χ3v) is 3.01. The van der Waals surface area contributed by atoms with Crippen molar-refractivity contribution in [3.8, 4) is 0 Å². The monoisotopic (exact) mass is 298 g/mol. The Labute approximate surface area is 123 Å². The maximum absolute atomic E-state index is 11.9. The van der Waals surface area contributed by atoms with Crippen molar-refractivity contribution in [2.45, 2.75) is 26.3 Å². The number of carboxylic acids is 1. The van der Waals surface area contributed by atoms with Gasteiger partial charge in [-0.1, -0.05) is 23.7 Å². The summed E-state index contributed by atoms with van der Waals surface area (Å²) >= 11 is 5.91. The Bertz CT molecular complexity index is 465. The van der Waals surface area contributed by atoms with Gasteiger partial charge in [0.25, 0.3) is 0 Å². The number of hydrogen-bond acceptors (Lipinski definition) is 2. The summed E-state index contributed by atoms with van der Waals surface area (Å²) in [5.74, 6) is -0.856. The molecule has 0 spiro atoms. The first-order valence-corrected chi connectivity index (χ1v) is 6.89. The number of carboxylic acid groups (broad SMARTS) is 1. The van der Waals surface area contributed by atoms with E-state index in [0.717, 1.165) is 5.56 Å². The molecular formula is C14H19ClN2O3. The molecule has 0 aliphatic heterocycles. The van der Waals surface area contributed by atoms with Gasteiger partial charge in [-0.25, -0.2) is 4.79 Å². The summed E-state index contributed by atoms with van der Waals surface area (Å²) in [6.45, 7) is 3.29. The Morgan fingerprint density at radius 2 is 2.15 bits per heavy atom. The van der Waals surface area contributed by atoms with Gasteiger partial charge in [-0.05, 0) is 31.0 Å². The SMILES string of the molecule is CCN(Cc1cccc(Cl)c1)C(=O)NCCCC(=O)O. The molecule has 1 rings (SSSR count). The number of carbonyl (C=O) groups excluding carboxylic acids is 1. The van der Waals surface area contributed by atoms with Crippen LogP contribution in [-0.2, 0) is 11.3 Å². The molecule has 1 aromatic carbocycles. The molecule has 1 aromatic rings. The van der Waals surface area contributed by atoms with Gasteiger partial charge in [0, 0.05) is 31.1 Å². The Hall–Kier alpha value is -1.75. The van der Waals surface area contributed by atoms with Crippen LogP contribution in [0.2, 0.25) is 5.02 Å². The van der Waals surface area contributed by atoms with Crippen LogP contribution in [0.1, 0.15) is 25.3 Å². The molecule has 0 aliphatic rings. The van der Waals surface area contributed by atoms with Crippen molar-refractivity contribution in [3.05, 3.63) is 34.9 Å². The lowest BCUT2D eigenvalue weighted by Crippen LogP contribution is -2.39. The fourth-order valence-electron chi connectivity index (χ4n) is 1.73. The van der Waals surface area contributed by atoms with Crippen molar-refractivity contribution in [1.29, 1.82) is 0 Å². The number of amides is 2. The van der Waals surface area contributed by atoms with Crippen LogP contribution in [0.4, 0.5) is 4.79 Å². The maximum atomic E-state index is 11.9. The molecule has 0 radical (unpaired) electrons. The number of rotatable bonds is 7. The van der Waals surface area contributed by atoms with Crippen molar-refractivity contribution in [3.63, 3.8) is 0 Å². The predicted octanol–water partition coefficient (Wildman–Crippen LogP) is 2.74. The highest BCUT2D eigenvalue weighted by Gasteiger charge is 2.11. The molecule has 2 N–H and O–H groups in total. The summed E-state index contributed by atoms with van der Waals surface area (Å²) in [4.78, 5) is 24.0. The molecule has 2 amide bonds. The molecule has 110 valence electrons. The fraction of sp³-hybridized carbons (Fsp3) is 0.429. The minimum atomic E-state index is -0.856. The molecule has 0 aromatic heterocycles. The molecule has 5 nitrogen and oxygen atoms in total.